The lowest BCUT2D eigenvalue weighted by molar-refractivity contribution is -0.140. The maximum atomic E-state index is 12.5. The van der Waals surface area contributed by atoms with Gasteiger partial charge in [0.2, 0.25) is 0 Å². The first kappa shape index (κ1) is 15.8. The Morgan fingerprint density at radius 3 is 2.57 bits per heavy atom. The van der Waals surface area contributed by atoms with Crippen molar-refractivity contribution in [2.45, 2.75) is 44.6 Å². The number of ether oxygens (including phenoxy) is 1. The highest BCUT2D eigenvalue weighted by Crippen LogP contribution is 2.35. The minimum Gasteiger partial charge on any atom is -0.452 e. The van der Waals surface area contributed by atoms with Crippen molar-refractivity contribution in [2.75, 3.05) is 18.9 Å². The molecule has 3 rings (SSSR count). The van der Waals surface area contributed by atoms with Gasteiger partial charge in [-0.25, -0.2) is 4.79 Å². The number of hydrogen-bond donors (Lipinski definition) is 1. The number of benzene rings is 1. The molecule has 2 fully saturated rings. The van der Waals surface area contributed by atoms with E-state index in [2.05, 4.69) is 0 Å². The van der Waals surface area contributed by atoms with E-state index in [1.165, 1.54) is 25.7 Å². The molecule has 1 heterocycles. The molecule has 23 heavy (non-hydrogen) atoms. The molecule has 0 aromatic heterocycles. The second-order valence-electron chi connectivity index (χ2n) is 6.54. The van der Waals surface area contributed by atoms with E-state index in [4.69, 9.17) is 10.5 Å². The Bertz CT molecular complexity index is 568. The molecule has 1 saturated heterocycles. The van der Waals surface area contributed by atoms with Gasteiger partial charge in [-0.1, -0.05) is 12.8 Å². The minimum atomic E-state index is -0.476. The van der Waals surface area contributed by atoms with Crippen LogP contribution in [0.4, 0.5) is 5.69 Å². The predicted octanol–water partition coefficient (Wildman–Crippen LogP) is 2.61. The number of nitrogens with zero attached hydrogens (tertiary/aromatic N) is 1. The average Bonchev–Trinajstić information content (AvgIpc) is 2.59. The number of nitrogen functional groups attached to an aromatic ring is 1. The number of fused-ring (bicyclic) bond motifs is 1. The maximum Gasteiger partial charge on any atom is 0.338 e. The molecular formula is C18H24N2O3. The number of amides is 1. The summed E-state index contributed by atoms with van der Waals surface area (Å²) in [6.07, 6.45) is 7.05. The van der Waals surface area contributed by atoms with Gasteiger partial charge >= 0.3 is 5.97 Å². The van der Waals surface area contributed by atoms with Gasteiger partial charge in [-0.05, 0) is 55.9 Å². The number of esters is 1. The lowest BCUT2D eigenvalue weighted by Crippen LogP contribution is -2.50. The highest BCUT2D eigenvalue weighted by atomic mass is 16.5. The van der Waals surface area contributed by atoms with Crippen molar-refractivity contribution in [1.29, 1.82) is 0 Å². The molecule has 5 heteroatoms. The van der Waals surface area contributed by atoms with E-state index in [9.17, 15) is 9.59 Å². The van der Waals surface area contributed by atoms with E-state index in [-0.39, 0.29) is 12.5 Å². The van der Waals surface area contributed by atoms with Crippen LogP contribution in [0.2, 0.25) is 0 Å². The Kier molecular flexibility index (Phi) is 4.84. The summed E-state index contributed by atoms with van der Waals surface area (Å²) < 4.78 is 5.19. The minimum absolute atomic E-state index is 0.0644. The molecule has 1 saturated carbocycles. The monoisotopic (exact) mass is 316 g/mol. The molecule has 0 unspecified atom stereocenters. The molecule has 1 aliphatic heterocycles. The quantitative estimate of drug-likeness (QED) is 0.687. The van der Waals surface area contributed by atoms with Crippen LogP contribution >= 0.6 is 0 Å². The average molecular weight is 316 g/mol. The molecule has 0 spiro atoms. The van der Waals surface area contributed by atoms with Crippen LogP contribution in [0.1, 0.15) is 48.9 Å². The van der Waals surface area contributed by atoms with Crippen molar-refractivity contribution < 1.29 is 14.3 Å². The fraction of sp³-hybridized carbons (Fsp3) is 0.556. The topological polar surface area (TPSA) is 72.6 Å². The number of likely N-dealkylation sites (tertiary alicyclic amines) is 1. The van der Waals surface area contributed by atoms with Crippen molar-refractivity contribution >= 4 is 17.6 Å². The molecule has 1 amide bonds. The summed E-state index contributed by atoms with van der Waals surface area (Å²) in [5.74, 6) is 0.0928. The lowest BCUT2D eigenvalue weighted by Gasteiger charge is -2.44. The summed E-state index contributed by atoms with van der Waals surface area (Å²) in [5.41, 5.74) is 6.61. The summed E-state index contributed by atoms with van der Waals surface area (Å²) in [5, 5.41) is 0. The van der Waals surface area contributed by atoms with Crippen molar-refractivity contribution in [2.24, 2.45) is 5.92 Å². The van der Waals surface area contributed by atoms with Crippen LogP contribution in [0.25, 0.3) is 0 Å². The zero-order chi connectivity index (χ0) is 16.2. The molecule has 2 aliphatic rings. The third kappa shape index (κ3) is 3.66. The van der Waals surface area contributed by atoms with Gasteiger partial charge in [-0.15, -0.1) is 0 Å². The van der Waals surface area contributed by atoms with Crippen LogP contribution in [0, 0.1) is 5.92 Å². The highest BCUT2D eigenvalue weighted by Gasteiger charge is 2.35. The van der Waals surface area contributed by atoms with Crippen LogP contribution in [-0.4, -0.2) is 36.0 Å². The Morgan fingerprint density at radius 2 is 1.78 bits per heavy atom. The highest BCUT2D eigenvalue weighted by molar-refractivity contribution is 5.91. The third-order valence-electron chi connectivity index (χ3n) is 5.04. The summed E-state index contributed by atoms with van der Waals surface area (Å²) in [4.78, 5) is 26.4. The zero-order valence-electron chi connectivity index (χ0n) is 13.4. The van der Waals surface area contributed by atoms with Crippen LogP contribution in [0.15, 0.2) is 24.3 Å². The van der Waals surface area contributed by atoms with Crippen LogP contribution in [0.5, 0.6) is 0 Å². The Morgan fingerprint density at radius 1 is 1.09 bits per heavy atom. The number of piperidine rings is 1. The number of carbonyl (C=O) groups is 2. The molecule has 5 nitrogen and oxygen atoms in total. The van der Waals surface area contributed by atoms with E-state index < -0.39 is 5.97 Å². The maximum absolute atomic E-state index is 12.5. The molecule has 2 atom stereocenters. The SMILES string of the molecule is Nc1ccc(C(=O)OCC(=O)N2CCC[C@@H]3CCCC[C@H]32)cc1. The molecule has 124 valence electrons. The summed E-state index contributed by atoms with van der Waals surface area (Å²) in [6.45, 7) is 0.617. The lowest BCUT2D eigenvalue weighted by atomic mass is 9.78. The Hall–Kier alpha value is -2.04. The smallest absolute Gasteiger partial charge is 0.338 e. The van der Waals surface area contributed by atoms with E-state index in [1.54, 1.807) is 24.3 Å². The predicted molar refractivity (Wildman–Crippen MR) is 87.8 cm³/mol. The van der Waals surface area contributed by atoms with Gasteiger partial charge in [0.25, 0.3) is 5.91 Å². The normalized spacial score (nSPS) is 23.9. The van der Waals surface area contributed by atoms with Gasteiger partial charge < -0.3 is 15.4 Å². The fourth-order valence-corrected chi connectivity index (χ4v) is 3.85. The van der Waals surface area contributed by atoms with Crippen molar-refractivity contribution in [3.05, 3.63) is 29.8 Å². The standard InChI is InChI=1S/C18H24N2O3/c19-15-9-7-14(8-10-15)18(22)23-12-17(21)20-11-3-5-13-4-1-2-6-16(13)20/h7-10,13,16H,1-6,11-12,19H2/t13-,16+/m0/s1. The Balaban J connectivity index is 1.56. The number of anilines is 1. The number of carbonyl (C=O) groups excluding carboxylic acids is 2. The van der Waals surface area contributed by atoms with Crippen molar-refractivity contribution in [1.82, 2.24) is 4.90 Å². The van der Waals surface area contributed by atoms with E-state index in [1.807, 2.05) is 4.90 Å². The first-order valence-electron chi connectivity index (χ1n) is 8.47. The van der Waals surface area contributed by atoms with E-state index in [0.29, 0.717) is 23.2 Å². The first-order valence-corrected chi connectivity index (χ1v) is 8.47. The molecular weight excluding hydrogens is 292 g/mol. The van der Waals surface area contributed by atoms with Crippen LogP contribution < -0.4 is 5.73 Å². The molecule has 1 aliphatic carbocycles. The fourth-order valence-electron chi connectivity index (χ4n) is 3.85. The largest absolute Gasteiger partial charge is 0.452 e. The molecule has 0 bridgehead atoms. The summed E-state index contributed by atoms with van der Waals surface area (Å²) in [7, 11) is 0. The summed E-state index contributed by atoms with van der Waals surface area (Å²) in [6, 6.07) is 6.87. The molecule has 1 aromatic carbocycles. The van der Waals surface area contributed by atoms with Crippen molar-refractivity contribution in [3.63, 3.8) is 0 Å². The third-order valence-corrected chi connectivity index (χ3v) is 5.04. The molecule has 0 radical (unpaired) electrons. The molecule has 2 N–H and O–H groups in total. The van der Waals surface area contributed by atoms with Crippen LogP contribution in [0.3, 0.4) is 0 Å². The van der Waals surface area contributed by atoms with E-state index >= 15 is 0 Å². The number of nitrogens with two attached hydrogens (primary N) is 1. The zero-order valence-corrected chi connectivity index (χ0v) is 13.4. The van der Waals surface area contributed by atoms with Gasteiger partial charge in [-0.2, -0.15) is 0 Å². The van der Waals surface area contributed by atoms with Gasteiger partial charge in [0.05, 0.1) is 5.56 Å². The van der Waals surface area contributed by atoms with Gasteiger partial charge in [0.15, 0.2) is 6.61 Å². The van der Waals surface area contributed by atoms with E-state index in [0.717, 1.165) is 19.4 Å². The Labute approximate surface area is 136 Å². The van der Waals surface area contributed by atoms with Gasteiger partial charge in [-0.3, -0.25) is 4.79 Å². The van der Waals surface area contributed by atoms with Crippen molar-refractivity contribution in [3.8, 4) is 0 Å². The van der Waals surface area contributed by atoms with Gasteiger partial charge in [0.1, 0.15) is 0 Å². The van der Waals surface area contributed by atoms with Crippen LogP contribution in [-0.2, 0) is 9.53 Å². The number of hydrogen-bond acceptors (Lipinski definition) is 4. The second kappa shape index (κ2) is 7.02. The molecule has 1 aromatic rings. The first-order chi connectivity index (χ1) is 11.1. The number of rotatable bonds is 3. The van der Waals surface area contributed by atoms with Gasteiger partial charge in [0, 0.05) is 18.3 Å². The second-order valence-corrected chi connectivity index (χ2v) is 6.54. The summed E-state index contributed by atoms with van der Waals surface area (Å²) >= 11 is 0.